The Bertz CT molecular complexity index is 609. The second kappa shape index (κ2) is 2.92. The zero-order valence-corrected chi connectivity index (χ0v) is 9.65. The third-order valence-corrected chi connectivity index (χ3v) is 3.57. The first-order chi connectivity index (χ1) is 7.18. The SMILES string of the molecule is Cc1oc2nc3n(c(=S)c2c1C)CCC3. The van der Waals surface area contributed by atoms with Crippen LogP contribution in [-0.2, 0) is 13.0 Å². The molecule has 3 heterocycles. The van der Waals surface area contributed by atoms with E-state index < -0.39 is 0 Å². The minimum absolute atomic E-state index is 0.711. The summed E-state index contributed by atoms with van der Waals surface area (Å²) >= 11 is 5.48. The van der Waals surface area contributed by atoms with Crippen LogP contribution in [0.3, 0.4) is 0 Å². The second-order valence-corrected chi connectivity index (χ2v) is 4.44. The van der Waals surface area contributed by atoms with Crippen LogP contribution in [0.1, 0.15) is 23.6 Å². The Kier molecular flexibility index (Phi) is 1.77. The minimum atomic E-state index is 0.711. The summed E-state index contributed by atoms with van der Waals surface area (Å²) in [7, 11) is 0. The average Bonchev–Trinajstić information content (AvgIpc) is 2.74. The highest BCUT2D eigenvalue weighted by molar-refractivity contribution is 7.71. The molecular formula is C11H12N2OS. The molecule has 1 aliphatic rings. The van der Waals surface area contributed by atoms with Crippen molar-refractivity contribution in [2.24, 2.45) is 0 Å². The molecule has 2 aromatic rings. The van der Waals surface area contributed by atoms with Crippen molar-refractivity contribution in [3.05, 3.63) is 21.8 Å². The zero-order valence-electron chi connectivity index (χ0n) is 8.83. The number of rotatable bonds is 0. The number of hydrogen-bond donors (Lipinski definition) is 0. The normalized spacial score (nSPS) is 14.8. The van der Waals surface area contributed by atoms with Gasteiger partial charge in [0.2, 0.25) is 5.71 Å². The Balaban J connectivity index is 2.52. The summed E-state index contributed by atoms with van der Waals surface area (Å²) in [5, 5.41) is 1.02. The molecule has 0 N–H and O–H groups in total. The van der Waals surface area contributed by atoms with Crippen molar-refractivity contribution in [2.75, 3.05) is 0 Å². The van der Waals surface area contributed by atoms with Crippen LogP contribution in [0.25, 0.3) is 11.1 Å². The van der Waals surface area contributed by atoms with Crippen LogP contribution in [0.15, 0.2) is 4.42 Å². The lowest BCUT2D eigenvalue weighted by Gasteiger charge is -2.02. The Morgan fingerprint density at radius 1 is 1.40 bits per heavy atom. The zero-order chi connectivity index (χ0) is 10.6. The molecule has 0 fully saturated rings. The molecule has 0 saturated heterocycles. The van der Waals surface area contributed by atoms with Crippen molar-refractivity contribution in [3.63, 3.8) is 0 Å². The van der Waals surface area contributed by atoms with Crippen LogP contribution in [0.4, 0.5) is 0 Å². The smallest absolute Gasteiger partial charge is 0.231 e. The molecule has 78 valence electrons. The molecule has 0 spiro atoms. The van der Waals surface area contributed by atoms with Gasteiger partial charge in [0.05, 0.1) is 5.39 Å². The number of fused-ring (bicyclic) bond motifs is 2. The van der Waals surface area contributed by atoms with Gasteiger partial charge in [-0.25, -0.2) is 0 Å². The molecule has 0 aromatic carbocycles. The molecule has 0 radical (unpaired) electrons. The maximum Gasteiger partial charge on any atom is 0.231 e. The van der Waals surface area contributed by atoms with E-state index in [4.69, 9.17) is 16.6 Å². The quantitative estimate of drug-likeness (QED) is 0.640. The Morgan fingerprint density at radius 3 is 3.00 bits per heavy atom. The van der Waals surface area contributed by atoms with Gasteiger partial charge in [0.15, 0.2) is 0 Å². The first-order valence-corrected chi connectivity index (χ1v) is 5.58. The van der Waals surface area contributed by atoms with E-state index in [1.807, 2.05) is 13.8 Å². The number of aromatic nitrogens is 2. The van der Waals surface area contributed by atoms with E-state index in [-0.39, 0.29) is 0 Å². The molecule has 0 bridgehead atoms. The number of nitrogens with zero attached hydrogens (tertiary/aromatic N) is 2. The molecular weight excluding hydrogens is 208 g/mol. The Hall–Kier alpha value is -1.16. The number of aryl methyl sites for hydroxylation is 3. The summed E-state index contributed by atoms with van der Waals surface area (Å²) in [5.41, 5.74) is 1.84. The van der Waals surface area contributed by atoms with Crippen LogP contribution >= 0.6 is 12.2 Å². The average molecular weight is 220 g/mol. The summed E-state index contributed by atoms with van der Waals surface area (Å²) in [5.74, 6) is 1.99. The summed E-state index contributed by atoms with van der Waals surface area (Å²) in [6, 6.07) is 0. The van der Waals surface area contributed by atoms with Crippen molar-refractivity contribution in [2.45, 2.75) is 33.2 Å². The fraction of sp³-hybridized carbons (Fsp3) is 0.455. The van der Waals surface area contributed by atoms with Crippen LogP contribution in [0.2, 0.25) is 0 Å². The van der Waals surface area contributed by atoms with Gasteiger partial charge in [-0.3, -0.25) is 0 Å². The van der Waals surface area contributed by atoms with Crippen LogP contribution in [0, 0.1) is 18.5 Å². The van der Waals surface area contributed by atoms with E-state index >= 15 is 0 Å². The third kappa shape index (κ3) is 1.11. The number of furan rings is 1. The maximum atomic E-state index is 5.61. The summed E-state index contributed by atoms with van der Waals surface area (Å²) in [4.78, 5) is 4.53. The standard InChI is InChI=1S/C11H12N2OS/c1-6-7(2)14-10-9(6)11(15)13-5-3-4-8(13)12-10/h3-5H2,1-2H3. The lowest BCUT2D eigenvalue weighted by Crippen LogP contribution is -2.01. The summed E-state index contributed by atoms with van der Waals surface area (Å²) in [6.07, 6.45) is 2.15. The molecule has 0 atom stereocenters. The lowest BCUT2D eigenvalue weighted by atomic mass is 10.2. The highest BCUT2D eigenvalue weighted by Crippen LogP contribution is 2.27. The van der Waals surface area contributed by atoms with E-state index in [0.717, 1.165) is 46.6 Å². The first-order valence-electron chi connectivity index (χ1n) is 5.18. The largest absolute Gasteiger partial charge is 0.443 e. The monoisotopic (exact) mass is 220 g/mol. The molecule has 3 rings (SSSR count). The lowest BCUT2D eigenvalue weighted by molar-refractivity contribution is 0.560. The maximum absolute atomic E-state index is 5.61. The van der Waals surface area contributed by atoms with Gasteiger partial charge in [0.25, 0.3) is 0 Å². The van der Waals surface area contributed by atoms with E-state index in [9.17, 15) is 0 Å². The van der Waals surface area contributed by atoms with Gasteiger partial charge in [0, 0.05) is 18.5 Å². The topological polar surface area (TPSA) is 31.0 Å². The Morgan fingerprint density at radius 2 is 2.20 bits per heavy atom. The van der Waals surface area contributed by atoms with Crippen molar-refractivity contribution in [1.29, 1.82) is 0 Å². The third-order valence-electron chi connectivity index (χ3n) is 3.15. The van der Waals surface area contributed by atoms with Gasteiger partial charge in [-0.05, 0) is 20.3 Å². The molecule has 0 aliphatic carbocycles. The van der Waals surface area contributed by atoms with Crippen LogP contribution in [-0.4, -0.2) is 9.55 Å². The predicted molar refractivity (Wildman–Crippen MR) is 60.6 cm³/mol. The van der Waals surface area contributed by atoms with E-state index in [0.29, 0.717) is 5.71 Å². The van der Waals surface area contributed by atoms with Gasteiger partial charge in [-0.1, -0.05) is 12.2 Å². The van der Waals surface area contributed by atoms with E-state index in [1.54, 1.807) is 0 Å². The molecule has 0 unspecified atom stereocenters. The fourth-order valence-electron chi connectivity index (χ4n) is 2.19. The van der Waals surface area contributed by atoms with E-state index in [2.05, 4.69) is 9.55 Å². The minimum Gasteiger partial charge on any atom is -0.443 e. The number of hydrogen-bond acceptors (Lipinski definition) is 3. The van der Waals surface area contributed by atoms with Crippen molar-refractivity contribution in [3.8, 4) is 0 Å². The predicted octanol–water partition coefficient (Wildman–Crippen LogP) is 2.92. The van der Waals surface area contributed by atoms with Crippen LogP contribution in [0.5, 0.6) is 0 Å². The molecule has 3 nitrogen and oxygen atoms in total. The van der Waals surface area contributed by atoms with Crippen molar-refractivity contribution < 1.29 is 4.42 Å². The molecule has 15 heavy (non-hydrogen) atoms. The fourth-order valence-corrected chi connectivity index (χ4v) is 2.62. The van der Waals surface area contributed by atoms with Gasteiger partial charge in [-0.15, -0.1) is 0 Å². The summed E-state index contributed by atoms with van der Waals surface area (Å²) in [6.45, 7) is 5.00. The second-order valence-electron chi connectivity index (χ2n) is 4.05. The van der Waals surface area contributed by atoms with E-state index in [1.165, 1.54) is 0 Å². The van der Waals surface area contributed by atoms with Gasteiger partial charge < -0.3 is 8.98 Å². The molecule has 0 amide bonds. The molecule has 0 saturated carbocycles. The van der Waals surface area contributed by atoms with Gasteiger partial charge in [-0.2, -0.15) is 4.98 Å². The van der Waals surface area contributed by atoms with Gasteiger partial charge >= 0.3 is 0 Å². The summed E-state index contributed by atoms with van der Waals surface area (Å²) < 4.78 is 8.64. The first kappa shape index (κ1) is 9.09. The molecule has 2 aromatic heterocycles. The van der Waals surface area contributed by atoms with Crippen molar-refractivity contribution in [1.82, 2.24) is 9.55 Å². The van der Waals surface area contributed by atoms with Crippen LogP contribution < -0.4 is 0 Å². The molecule has 4 heteroatoms. The highest BCUT2D eigenvalue weighted by atomic mass is 32.1. The Labute approximate surface area is 92.7 Å². The molecule has 1 aliphatic heterocycles. The van der Waals surface area contributed by atoms with Gasteiger partial charge in [0.1, 0.15) is 16.2 Å². The van der Waals surface area contributed by atoms with Crippen molar-refractivity contribution >= 4 is 23.3 Å². The highest BCUT2D eigenvalue weighted by Gasteiger charge is 2.18.